The molecule has 0 spiro atoms. The zero-order valence-electron chi connectivity index (χ0n) is 11.3. The van der Waals surface area contributed by atoms with Gasteiger partial charge in [-0.05, 0) is 37.5 Å². The standard InChI is InChI=1S/C15H26N2/c1-4-9-17-10-7-14(8-11-17)16-15-6-5-12(2)13(15)3/h1,12-16H,5-11H2,2-3H3. The first kappa shape index (κ1) is 12.9. The summed E-state index contributed by atoms with van der Waals surface area (Å²) < 4.78 is 0. The molecular formula is C15H26N2. The maximum Gasteiger partial charge on any atom is 0.0598 e. The van der Waals surface area contributed by atoms with Crippen LogP contribution in [0.1, 0.15) is 39.5 Å². The van der Waals surface area contributed by atoms with E-state index in [4.69, 9.17) is 6.42 Å². The third kappa shape index (κ3) is 3.24. The average Bonchev–Trinajstić information content (AvgIpc) is 2.64. The third-order valence-electron chi connectivity index (χ3n) is 4.82. The topological polar surface area (TPSA) is 15.3 Å². The quantitative estimate of drug-likeness (QED) is 0.752. The van der Waals surface area contributed by atoms with Crippen molar-refractivity contribution in [1.29, 1.82) is 0 Å². The number of terminal acetylenes is 1. The molecule has 1 aliphatic heterocycles. The second kappa shape index (κ2) is 5.89. The third-order valence-corrected chi connectivity index (χ3v) is 4.82. The summed E-state index contributed by atoms with van der Waals surface area (Å²) in [6.07, 6.45) is 10.6. The molecule has 1 saturated heterocycles. The number of hydrogen-bond donors (Lipinski definition) is 1. The van der Waals surface area contributed by atoms with Gasteiger partial charge in [-0.3, -0.25) is 4.90 Å². The Hall–Kier alpha value is -0.520. The first-order valence-corrected chi connectivity index (χ1v) is 7.12. The lowest BCUT2D eigenvalue weighted by atomic mass is 9.96. The van der Waals surface area contributed by atoms with E-state index in [1.807, 2.05) is 0 Å². The summed E-state index contributed by atoms with van der Waals surface area (Å²) in [7, 11) is 0. The summed E-state index contributed by atoms with van der Waals surface area (Å²) in [6, 6.07) is 1.48. The highest BCUT2D eigenvalue weighted by Crippen LogP contribution is 2.31. The molecular weight excluding hydrogens is 208 g/mol. The van der Waals surface area contributed by atoms with Crippen LogP contribution in [0.15, 0.2) is 0 Å². The summed E-state index contributed by atoms with van der Waals surface area (Å²) in [5, 5.41) is 3.88. The van der Waals surface area contributed by atoms with E-state index in [-0.39, 0.29) is 0 Å². The lowest BCUT2D eigenvalue weighted by Gasteiger charge is -2.34. The number of nitrogens with one attached hydrogen (secondary N) is 1. The van der Waals surface area contributed by atoms with Gasteiger partial charge in [-0.15, -0.1) is 6.42 Å². The van der Waals surface area contributed by atoms with Crippen molar-refractivity contribution in [2.24, 2.45) is 11.8 Å². The molecule has 2 heteroatoms. The van der Waals surface area contributed by atoms with Crippen LogP contribution in [0.3, 0.4) is 0 Å². The van der Waals surface area contributed by atoms with E-state index in [0.717, 1.165) is 30.5 Å². The Bertz CT molecular complexity index is 273. The summed E-state index contributed by atoms with van der Waals surface area (Å²) >= 11 is 0. The Morgan fingerprint density at radius 2 is 1.88 bits per heavy atom. The van der Waals surface area contributed by atoms with Crippen LogP contribution in [0.2, 0.25) is 0 Å². The molecule has 0 radical (unpaired) electrons. The fourth-order valence-corrected chi connectivity index (χ4v) is 3.29. The number of nitrogens with zero attached hydrogens (tertiary/aromatic N) is 1. The van der Waals surface area contributed by atoms with Crippen LogP contribution in [0.4, 0.5) is 0 Å². The van der Waals surface area contributed by atoms with Crippen LogP contribution in [-0.2, 0) is 0 Å². The van der Waals surface area contributed by atoms with Crippen molar-refractivity contribution in [3.05, 3.63) is 0 Å². The number of hydrogen-bond acceptors (Lipinski definition) is 2. The summed E-state index contributed by atoms with van der Waals surface area (Å²) in [4.78, 5) is 2.39. The molecule has 2 rings (SSSR count). The van der Waals surface area contributed by atoms with E-state index in [2.05, 4.69) is 30.0 Å². The van der Waals surface area contributed by atoms with Gasteiger partial charge in [0, 0.05) is 25.2 Å². The largest absolute Gasteiger partial charge is 0.311 e. The van der Waals surface area contributed by atoms with Crippen LogP contribution in [0, 0.1) is 24.2 Å². The Kier molecular flexibility index (Phi) is 4.48. The van der Waals surface area contributed by atoms with Crippen LogP contribution in [0.5, 0.6) is 0 Å². The smallest absolute Gasteiger partial charge is 0.0598 e. The molecule has 1 saturated carbocycles. The summed E-state index contributed by atoms with van der Waals surface area (Å²) in [5.41, 5.74) is 0. The maximum absolute atomic E-state index is 5.35. The van der Waals surface area contributed by atoms with Crippen LogP contribution < -0.4 is 5.32 Å². The van der Waals surface area contributed by atoms with Gasteiger partial charge in [-0.2, -0.15) is 0 Å². The molecule has 2 nitrogen and oxygen atoms in total. The second-order valence-corrected chi connectivity index (χ2v) is 5.94. The Morgan fingerprint density at radius 3 is 2.41 bits per heavy atom. The van der Waals surface area contributed by atoms with Crippen LogP contribution >= 0.6 is 0 Å². The lowest BCUT2D eigenvalue weighted by molar-refractivity contribution is 0.200. The first-order chi connectivity index (χ1) is 8.20. The molecule has 0 bridgehead atoms. The molecule has 0 aromatic heterocycles. The van der Waals surface area contributed by atoms with Gasteiger partial charge in [0.25, 0.3) is 0 Å². The van der Waals surface area contributed by atoms with Gasteiger partial charge in [-0.25, -0.2) is 0 Å². The van der Waals surface area contributed by atoms with Gasteiger partial charge < -0.3 is 5.32 Å². The SMILES string of the molecule is C#CCN1CCC(NC2CCC(C)C2C)CC1. The summed E-state index contributed by atoms with van der Waals surface area (Å²) in [5.74, 6) is 4.49. The van der Waals surface area contributed by atoms with Gasteiger partial charge in [0.05, 0.1) is 6.54 Å². The fraction of sp³-hybridized carbons (Fsp3) is 0.867. The maximum atomic E-state index is 5.35. The highest BCUT2D eigenvalue weighted by Gasteiger charge is 2.31. The van der Waals surface area contributed by atoms with Crippen molar-refractivity contribution in [3.8, 4) is 12.3 Å². The van der Waals surface area contributed by atoms with E-state index in [1.54, 1.807) is 0 Å². The Morgan fingerprint density at radius 1 is 1.18 bits per heavy atom. The highest BCUT2D eigenvalue weighted by atomic mass is 15.1. The van der Waals surface area contributed by atoms with E-state index in [9.17, 15) is 0 Å². The molecule has 0 aromatic rings. The zero-order valence-corrected chi connectivity index (χ0v) is 11.3. The van der Waals surface area contributed by atoms with Gasteiger partial charge in [0.15, 0.2) is 0 Å². The molecule has 1 heterocycles. The van der Waals surface area contributed by atoms with E-state index >= 15 is 0 Å². The number of rotatable bonds is 3. The molecule has 2 aliphatic rings. The zero-order chi connectivity index (χ0) is 12.3. The molecule has 17 heavy (non-hydrogen) atoms. The predicted molar refractivity (Wildman–Crippen MR) is 72.8 cm³/mol. The predicted octanol–water partition coefficient (Wildman–Crippen LogP) is 2.11. The highest BCUT2D eigenvalue weighted by molar-refractivity contribution is 4.92. The first-order valence-electron chi connectivity index (χ1n) is 7.12. The molecule has 3 unspecified atom stereocenters. The van der Waals surface area contributed by atoms with Crippen molar-refractivity contribution < 1.29 is 0 Å². The molecule has 2 fully saturated rings. The van der Waals surface area contributed by atoms with Crippen LogP contribution in [-0.4, -0.2) is 36.6 Å². The van der Waals surface area contributed by atoms with Gasteiger partial charge >= 0.3 is 0 Å². The van der Waals surface area contributed by atoms with E-state index in [1.165, 1.54) is 38.8 Å². The Balaban J connectivity index is 1.73. The second-order valence-electron chi connectivity index (χ2n) is 5.94. The number of piperidine rings is 1. The van der Waals surface area contributed by atoms with Crippen molar-refractivity contribution in [3.63, 3.8) is 0 Å². The normalized spacial score (nSPS) is 35.9. The van der Waals surface area contributed by atoms with Crippen molar-refractivity contribution in [1.82, 2.24) is 10.2 Å². The monoisotopic (exact) mass is 234 g/mol. The molecule has 1 N–H and O–H groups in total. The minimum atomic E-state index is 0.724. The minimum Gasteiger partial charge on any atom is -0.311 e. The van der Waals surface area contributed by atoms with E-state index < -0.39 is 0 Å². The summed E-state index contributed by atoms with van der Waals surface area (Å²) in [6.45, 7) is 7.95. The minimum absolute atomic E-state index is 0.724. The van der Waals surface area contributed by atoms with Gasteiger partial charge in [0.2, 0.25) is 0 Å². The van der Waals surface area contributed by atoms with Crippen molar-refractivity contribution >= 4 is 0 Å². The molecule has 1 aliphatic carbocycles. The van der Waals surface area contributed by atoms with E-state index in [0.29, 0.717) is 0 Å². The fourth-order valence-electron chi connectivity index (χ4n) is 3.29. The molecule has 3 atom stereocenters. The van der Waals surface area contributed by atoms with Gasteiger partial charge in [0.1, 0.15) is 0 Å². The van der Waals surface area contributed by atoms with Crippen LogP contribution in [0.25, 0.3) is 0 Å². The van der Waals surface area contributed by atoms with Crippen molar-refractivity contribution in [2.75, 3.05) is 19.6 Å². The number of likely N-dealkylation sites (tertiary alicyclic amines) is 1. The molecule has 0 aromatic carbocycles. The average molecular weight is 234 g/mol. The molecule has 96 valence electrons. The molecule has 0 amide bonds. The van der Waals surface area contributed by atoms with Gasteiger partial charge in [-0.1, -0.05) is 19.8 Å². The Labute approximate surface area is 106 Å². The lowest BCUT2D eigenvalue weighted by Crippen LogP contribution is -2.47. The van der Waals surface area contributed by atoms with Crippen molar-refractivity contribution in [2.45, 2.75) is 51.6 Å².